The van der Waals surface area contributed by atoms with Crippen LogP contribution in [-0.2, 0) is 9.53 Å². The minimum absolute atomic E-state index is 0.263. The van der Waals surface area contributed by atoms with Gasteiger partial charge >= 0.3 is 0 Å². The van der Waals surface area contributed by atoms with Gasteiger partial charge in [-0.3, -0.25) is 4.79 Å². The summed E-state index contributed by atoms with van der Waals surface area (Å²) in [5.41, 5.74) is 0.482. The second kappa shape index (κ2) is 5.37. The van der Waals surface area contributed by atoms with E-state index < -0.39 is 6.10 Å². The van der Waals surface area contributed by atoms with Crippen LogP contribution in [0.25, 0.3) is 5.82 Å². The Morgan fingerprint density at radius 1 is 1.56 bits per heavy atom. The van der Waals surface area contributed by atoms with Crippen LogP contribution in [0.15, 0.2) is 31.0 Å². The summed E-state index contributed by atoms with van der Waals surface area (Å²) in [6.45, 7) is 1.66. The van der Waals surface area contributed by atoms with Crippen molar-refractivity contribution >= 4 is 11.6 Å². The predicted octanol–water partition coefficient (Wildman–Crippen LogP) is 0.636. The maximum Gasteiger partial charge on any atom is 0.253 e. The molecular weight excluding hydrogens is 234 g/mol. The first-order valence-electron chi connectivity index (χ1n) is 5.36. The first-order chi connectivity index (χ1) is 8.72. The zero-order chi connectivity index (χ0) is 13.0. The third kappa shape index (κ3) is 2.51. The highest BCUT2D eigenvalue weighted by atomic mass is 16.5. The number of hydrogen-bond acceptors (Lipinski definition) is 5. The van der Waals surface area contributed by atoms with Crippen LogP contribution < -0.4 is 5.32 Å². The summed E-state index contributed by atoms with van der Waals surface area (Å²) in [6.07, 6.45) is 5.73. The van der Waals surface area contributed by atoms with Crippen molar-refractivity contribution < 1.29 is 9.53 Å². The van der Waals surface area contributed by atoms with Crippen molar-refractivity contribution in [2.75, 3.05) is 12.4 Å². The summed E-state index contributed by atoms with van der Waals surface area (Å²) in [6, 6.07) is 1.77. The molecule has 0 aliphatic rings. The molecule has 18 heavy (non-hydrogen) atoms. The van der Waals surface area contributed by atoms with Gasteiger partial charge in [0, 0.05) is 19.5 Å². The molecule has 0 aliphatic heterocycles. The van der Waals surface area contributed by atoms with Gasteiger partial charge in [-0.15, -0.1) is 0 Å². The van der Waals surface area contributed by atoms with Crippen molar-refractivity contribution in [2.45, 2.75) is 13.0 Å². The summed E-state index contributed by atoms with van der Waals surface area (Å²) in [4.78, 5) is 19.7. The van der Waals surface area contributed by atoms with Gasteiger partial charge in [-0.1, -0.05) is 0 Å². The number of methoxy groups -OCH3 is 1. The van der Waals surface area contributed by atoms with Crippen LogP contribution in [-0.4, -0.2) is 38.9 Å². The third-order valence-electron chi connectivity index (χ3n) is 2.39. The Kier molecular flexibility index (Phi) is 3.63. The SMILES string of the molecule is CO[C@@H](C)C(=O)Nc1cncnc1-n1cccn1. The Morgan fingerprint density at radius 3 is 3.06 bits per heavy atom. The van der Waals surface area contributed by atoms with Crippen molar-refractivity contribution in [1.29, 1.82) is 0 Å². The molecule has 7 nitrogen and oxygen atoms in total. The standard InChI is InChI=1S/C11H13N5O2/c1-8(18-2)11(17)15-9-6-12-7-13-10(9)16-5-3-4-14-16/h3-8H,1-2H3,(H,15,17)/t8-/m0/s1. The molecule has 0 radical (unpaired) electrons. The molecular formula is C11H13N5O2. The summed E-state index contributed by atoms with van der Waals surface area (Å²) < 4.78 is 6.49. The zero-order valence-corrected chi connectivity index (χ0v) is 10.1. The fraction of sp³-hybridized carbons (Fsp3) is 0.273. The summed E-state index contributed by atoms with van der Waals surface area (Å²) in [7, 11) is 1.47. The van der Waals surface area contributed by atoms with E-state index in [1.165, 1.54) is 19.6 Å². The minimum Gasteiger partial charge on any atom is -0.372 e. The van der Waals surface area contributed by atoms with Gasteiger partial charge < -0.3 is 10.1 Å². The second-order valence-electron chi connectivity index (χ2n) is 3.58. The number of carbonyl (C=O) groups excluding carboxylic acids is 1. The van der Waals surface area contributed by atoms with Crippen LogP contribution in [0.5, 0.6) is 0 Å². The Morgan fingerprint density at radius 2 is 2.39 bits per heavy atom. The molecule has 94 valence electrons. The first kappa shape index (κ1) is 12.2. The van der Waals surface area contributed by atoms with Crippen molar-refractivity contribution in [3.8, 4) is 5.82 Å². The Balaban J connectivity index is 2.26. The van der Waals surface area contributed by atoms with E-state index in [0.29, 0.717) is 11.5 Å². The topological polar surface area (TPSA) is 81.9 Å². The van der Waals surface area contributed by atoms with E-state index in [9.17, 15) is 4.79 Å². The van der Waals surface area contributed by atoms with Crippen molar-refractivity contribution in [3.63, 3.8) is 0 Å². The van der Waals surface area contributed by atoms with E-state index in [0.717, 1.165) is 0 Å². The van der Waals surface area contributed by atoms with E-state index in [2.05, 4.69) is 20.4 Å². The molecule has 1 atom stereocenters. The Bertz CT molecular complexity index is 526. The van der Waals surface area contributed by atoms with Crippen LogP contribution in [0, 0.1) is 0 Å². The van der Waals surface area contributed by atoms with E-state index in [1.54, 1.807) is 30.1 Å². The van der Waals surface area contributed by atoms with Gasteiger partial charge in [-0.2, -0.15) is 5.10 Å². The molecule has 0 spiro atoms. The molecule has 1 N–H and O–H groups in total. The lowest BCUT2D eigenvalue weighted by molar-refractivity contribution is -0.124. The number of anilines is 1. The number of hydrogen-bond donors (Lipinski definition) is 1. The van der Waals surface area contributed by atoms with Crippen LogP contribution >= 0.6 is 0 Å². The molecule has 2 rings (SSSR count). The van der Waals surface area contributed by atoms with E-state index in [4.69, 9.17) is 4.74 Å². The van der Waals surface area contributed by atoms with E-state index in [-0.39, 0.29) is 5.91 Å². The quantitative estimate of drug-likeness (QED) is 0.857. The smallest absolute Gasteiger partial charge is 0.253 e. The number of amides is 1. The number of nitrogens with one attached hydrogen (secondary N) is 1. The average Bonchev–Trinajstić information content (AvgIpc) is 2.92. The fourth-order valence-corrected chi connectivity index (χ4v) is 1.33. The highest BCUT2D eigenvalue weighted by molar-refractivity contribution is 5.95. The summed E-state index contributed by atoms with van der Waals surface area (Å²) in [5.74, 6) is 0.243. The van der Waals surface area contributed by atoms with Crippen LogP contribution in [0.3, 0.4) is 0 Å². The number of aromatic nitrogens is 4. The van der Waals surface area contributed by atoms with Crippen molar-refractivity contribution in [3.05, 3.63) is 31.0 Å². The average molecular weight is 247 g/mol. The molecule has 2 aromatic heterocycles. The van der Waals surface area contributed by atoms with Crippen molar-refractivity contribution in [2.24, 2.45) is 0 Å². The molecule has 7 heteroatoms. The Labute approximate surface area is 104 Å². The predicted molar refractivity (Wildman–Crippen MR) is 64.3 cm³/mol. The lowest BCUT2D eigenvalue weighted by atomic mass is 10.3. The molecule has 0 bridgehead atoms. The number of ether oxygens (including phenoxy) is 1. The normalized spacial score (nSPS) is 12.1. The minimum atomic E-state index is -0.546. The fourth-order valence-electron chi connectivity index (χ4n) is 1.33. The molecule has 0 aromatic carbocycles. The van der Waals surface area contributed by atoms with Gasteiger partial charge in [0.25, 0.3) is 5.91 Å². The lowest BCUT2D eigenvalue weighted by Gasteiger charge is -2.12. The number of carbonyl (C=O) groups is 1. The number of rotatable bonds is 4. The van der Waals surface area contributed by atoms with E-state index >= 15 is 0 Å². The van der Waals surface area contributed by atoms with Crippen LogP contribution in [0.1, 0.15) is 6.92 Å². The lowest BCUT2D eigenvalue weighted by Crippen LogP contribution is -2.27. The maximum atomic E-state index is 11.7. The van der Waals surface area contributed by atoms with Gasteiger partial charge in [0.15, 0.2) is 5.82 Å². The summed E-state index contributed by atoms with van der Waals surface area (Å²) >= 11 is 0. The molecule has 0 saturated carbocycles. The largest absolute Gasteiger partial charge is 0.372 e. The third-order valence-corrected chi connectivity index (χ3v) is 2.39. The number of nitrogens with zero attached hydrogens (tertiary/aromatic N) is 4. The Hall–Kier alpha value is -2.28. The molecule has 1 amide bonds. The molecule has 2 aromatic rings. The molecule has 0 fully saturated rings. The van der Waals surface area contributed by atoms with Gasteiger partial charge in [-0.25, -0.2) is 14.6 Å². The van der Waals surface area contributed by atoms with E-state index in [1.807, 2.05) is 0 Å². The van der Waals surface area contributed by atoms with Crippen LogP contribution in [0.4, 0.5) is 5.69 Å². The molecule has 0 aliphatic carbocycles. The van der Waals surface area contributed by atoms with Crippen LogP contribution in [0.2, 0.25) is 0 Å². The zero-order valence-electron chi connectivity index (χ0n) is 10.1. The van der Waals surface area contributed by atoms with Crippen molar-refractivity contribution in [1.82, 2.24) is 19.7 Å². The van der Waals surface area contributed by atoms with Gasteiger partial charge in [-0.05, 0) is 13.0 Å². The highest BCUT2D eigenvalue weighted by Crippen LogP contribution is 2.15. The molecule has 0 unspecified atom stereocenters. The van der Waals surface area contributed by atoms with Gasteiger partial charge in [0.2, 0.25) is 0 Å². The molecule has 0 saturated heterocycles. The summed E-state index contributed by atoms with van der Waals surface area (Å²) in [5, 5.41) is 6.76. The maximum absolute atomic E-state index is 11.7. The molecule has 2 heterocycles. The highest BCUT2D eigenvalue weighted by Gasteiger charge is 2.15. The monoisotopic (exact) mass is 247 g/mol. The first-order valence-corrected chi connectivity index (χ1v) is 5.36. The second-order valence-corrected chi connectivity index (χ2v) is 3.58. The van der Waals surface area contributed by atoms with Gasteiger partial charge in [0.1, 0.15) is 18.1 Å². The van der Waals surface area contributed by atoms with Gasteiger partial charge in [0.05, 0.1) is 6.20 Å².